The minimum absolute atomic E-state index is 0.586. The van der Waals surface area contributed by atoms with Crippen LogP contribution in [0.15, 0.2) is 0 Å². The van der Waals surface area contributed by atoms with Gasteiger partial charge in [0.15, 0.2) is 0 Å². The van der Waals surface area contributed by atoms with Gasteiger partial charge in [0.1, 0.15) is 0 Å². The molecule has 0 unspecified atom stereocenters. The largest absolute Gasteiger partial charge is 0.414 e. The number of nitrogens with one attached hydrogen (secondary N) is 1. The molecule has 6 heavy (non-hydrogen) atoms. The van der Waals surface area contributed by atoms with Crippen molar-refractivity contribution in [3.05, 3.63) is 0 Å². The van der Waals surface area contributed by atoms with E-state index in [1.54, 1.807) is 0 Å². The first kappa shape index (κ1) is 5.45. The summed E-state index contributed by atoms with van der Waals surface area (Å²) in [6, 6.07) is -0.698. The van der Waals surface area contributed by atoms with Crippen LogP contribution in [0, 0.1) is 0 Å². The summed E-state index contributed by atoms with van der Waals surface area (Å²) < 4.78 is 0. The van der Waals surface area contributed by atoms with E-state index in [-0.39, 0.29) is 0 Å². The van der Waals surface area contributed by atoms with Gasteiger partial charge in [-0.05, 0) is 0 Å². The standard InChI is InChI=1S/CH4N2O2Si/c2-1(4)3-6-5/h5H,(H3,2,3,4). The van der Waals surface area contributed by atoms with Crippen LogP contribution < -0.4 is 10.7 Å². The van der Waals surface area contributed by atoms with Gasteiger partial charge in [0.2, 0.25) is 0 Å². The van der Waals surface area contributed by atoms with E-state index < -0.39 is 16.0 Å². The van der Waals surface area contributed by atoms with Crippen LogP contribution in [0.5, 0.6) is 0 Å². The zero-order valence-corrected chi connectivity index (χ0v) is 3.93. The monoisotopic (exact) mass is 104 g/mol. The van der Waals surface area contributed by atoms with E-state index in [4.69, 9.17) is 4.80 Å². The average Bonchev–Trinajstić information content (AvgIpc) is 1.35. The molecule has 0 spiro atoms. The Morgan fingerprint density at radius 2 is 2.50 bits per heavy atom. The Bertz CT molecular complexity index is 55.5. The smallest absolute Gasteiger partial charge is 0.380 e. The number of carbonyl (C=O) groups is 1. The third kappa shape index (κ3) is 3.45. The predicted octanol–water partition coefficient (Wildman–Crippen LogP) is -1.82. The summed E-state index contributed by atoms with van der Waals surface area (Å²) >= 11 is 0. The maximum absolute atomic E-state index is 9.56. The van der Waals surface area contributed by atoms with Crippen LogP contribution >= 0.6 is 0 Å². The number of hydrogen-bond donors (Lipinski definition) is 3. The van der Waals surface area contributed by atoms with E-state index in [2.05, 4.69) is 5.73 Å². The van der Waals surface area contributed by atoms with E-state index in [1.807, 2.05) is 4.98 Å². The summed E-state index contributed by atoms with van der Waals surface area (Å²) in [6.45, 7) is 0. The Kier molecular flexibility index (Phi) is 2.43. The van der Waals surface area contributed by atoms with Crippen LogP contribution in [0.25, 0.3) is 0 Å². The Hall–Kier alpha value is -0.553. The van der Waals surface area contributed by atoms with E-state index in [9.17, 15) is 4.79 Å². The molecule has 2 radical (unpaired) electrons. The molecule has 0 aliphatic carbocycles. The van der Waals surface area contributed by atoms with Gasteiger partial charge in [0, 0.05) is 0 Å². The SMILES string of the molecule is NC(=O)N[Si]O. The van der Waals surface area contributed by atoms with Gasteiger partial charge in [0.05, 0.1) is 0 Å². The molecule has 0 heterocycles. The molecule has 0 aromatic carbocycles. The summed E-state index contributed by atoms with van der Waals surface area (Å²) in [4.78, 5) is 19.3. The molecule has 0 saturated carbocycles. The number of urea groups is 1. The van der Waals surface area contributed by atoms with Gasteiger partial charge in [-0.3, -0.25) is 0 Å². The zero-order chi connectivity index (χ0) is 4.99. The number of primary amides is 1. The molecule has 34 valence electrons. The lowest BCUT2D eigenvalue weighted by Crippen LogP contribution is -2.32. The van der Waals surface area contributed by atoms with Crippen molar-refractivity contribution in [1.29, 1.82) is 0 Å². The highest BCUT2D eigenvalue weighted by molar-refractivity contribution is 6.27. The second-order valence-corrected chi connectivity index (χ2v) is 1.07. The lowest BCUT2D eigenvalue weighted by molar-refractivity contribution is 0.253. The van der Waals surface area contributed by atoms with E-state index >= 15 is 0 Å². The summed E-state index contributed by atoms with van der Waals surface area (Å²) in [5.41, 5.74) is 4.50. The minimum atomic E-state index is -0.698. The Labute approximate surface area is 37.4 Å². The maximum Gasteiger partial charge on any atom is 0.380 e. The van der Waals surface area contributed by atoms with Crippen molar-refractivity contribution < 1.29 is 9.59 Å². The molecular weight excluding hydrogens is 100 g/mol. The van der Waals surface area contributed by atoms with Crippen molar-refractivity contribution >= 4 is 16.0 Å². The third-order valence-electron chi connectivity index (χ3n) is 0.179. The molecule has 0 aromatic rings. The molecule has 0 bridgehead atoms. The highest BCUT2D eigenvalue weighted by Crippen LogP contribution is 1.43. The molecule has 5 heteroatoms. The van der Waals surface area contributed by atoms with Crippen LogP contribution in [-0.2, 0) is 0 Å². The molecule has 0 saturated heterocycles. The zero-order valence-electron chi connectivity index (χ0n) is 2.93. The van der Waals surface area contributed by atoms with E-state index in [1.165, 1.54) is 0 Å². The topological polar surface area (TPSA) is 75.4 Å². The van der Waals surface area contributed by atoms with Crippen molar-refractivity contribution in [2.75, 3.05) is 0 Å². The van der Waals surface area contributed by atoms with Crippen molar-refractivity contribution in [2.45, 2.75) is 0 Å². The minimum Gasteiger partial charge on any atom is -0.414 e. The number of hydrogen-bond acceptors (Lipinski definition) is 2. The van der Waals surface area contributed by atoms with Crippen LogP contribution in [0.1, 0.15) is 0 Å². The number of carbonyl (C=O) groups excluding carboxylic acids is 1. The molecule has 0 fully saturated rings. The van der Waals surface area contributed by atoms with Crippen molar-refractivity contribution in [3.8, 4) is 0 Å². The number of nitrogens with two attached hydrogens (primary N) is 1. The molecule has 0 aliphatic heterocycles. The molecule has 0 aliphatic rings. The molecular formula is CH4N2O2Si. The number of amides is 2. The molecule has 2 amide bonds. The quantitative estimate of drug-likeness (QED) is 0.343. The van der Waals surface area contributed by atoms with Crippen molar-refractivity contribution in [3.63, 3.8) is 0 Å². The van der Waals surface area contributed by atoms with Gasteiger partial charge in [-0.15, -0.1) is 0 Å². The summed E-state index contributed by atoms with van der Waals surface area (Å²) in [5, 5.41) is 0. The summed E-state index contributed by atoms with van der Waals surface area (Å²) in [7, 11) is -0.586. The van der Waals surface area contributed by atoms with Gasteiger partial charge in [0.25, 0.3) is 0 Å². The van der Waals surface area contributed by atoms with Gasteiger partial charge < -0.3 is 15.5 Å². The first-order valence-electron chi connectivity index (χ1n) is 1.22. The molecule has 4 nitrogen and oxygen atoms in total. The van der Waals surface area contributed by atoms with Gasteiger partial charge in [-0.1, -0.05) is 0 Å². The fourth-order valence-corrected chi connectivity index (χ4v) is 0.165. The van der Waals surface area contributed by atoms with Crippen LogP contribution in [0.4, 0.5) is 4.79 Å². The average molecular weight is 104 g/mol. The van der Waals surface area contributed by atoms with Crippen LogP contribution in [0.2, 0.25) is 0 Å². The van der Waals surface area contributed by atoms with Gasteiger partial charge in [-0.25, -0.2) is 4.79 Å². The second-order valence-electron chi connectivity index (χ2n) is 0.601. The first-order chi connectivity index (χ1) is 2.77. The highest BCUT2D eigenvalue weighted by Gasteiger charge is 1.84. The first-order valence-corrected chi connectivity index (χ1v) is 2.16. The third-order valence-corrected chi connectivity index (χ3v) is 0.537. The molecule has 0 atom stereocenters. The fourth-order valence-electron chi connectivity index (χ4n) is 0.0551. The van der Waals surface area contributed by atoms with Gasteiger partial charge >= 0.3 is 16.0 Å². The Balaban J connectivity index is 2.83. The van der Waals surface area contributed by atoms with Crippen LogP contribution in [-0.4, -0.2) is 20.8 Å². The maximum atomic E-state index is 9.56. The summed E-state index contributed by atoms with van der Waals surface area (Å²) in [6.07, 6.45) is 0. The normalized spacial score (nSPS) is 7.50. The Morgan fingerprint density at radius 3 is 2.50 bits per heavy atom. The van der Waals surface area contributed by atoms with E-state index in [0.717, 1.165) is 0 Å². The van der Waals surface area contributed by atoms with Crippen molar-refractivity contribution in [1.82, 2.24) is 4.98 Å². The number of rotatable bonds is 1. The molecule has 0 aromatic heterocycles. The molecule has 4 N–H and O–H groups in total. The second kappa shape index (κ2) is 2.67. The lowest BCUT2D eigenvalue weighted by Gasteiger charge is -1.85. The molecule has 0 rings (SSSR count). The fraction of sp³-hybridized carbons (Fsp3) is 0. The van der Waals surface area contributed by atoms with E-state index in [0.29, 0.717) is 0 Å². The van der Waals surface area contributed by atoms with Crippen LogP contribution in [0.3, 0.4) is 0 Å². The highest BCUT2D eigenvalue weighted by atomic mass is 28.2. The van der Waals surface area contributed by atoms with Gasteiger partial charge in [-0.2, -0.15) is 0 Å². The Morgan fingerprint density at radius 1 is 2.00 bits per heavy atom. The summed E-state index contributed by atoms with van der Waals surface area (Å²) in [5.74, 6) is 0. The lowest BCUT2D eigenvalue weighted by atomic mass is 11.2. The van der Waals surface area contributed by atoms with Crippen molar-refractivity contribution in [2.24, 2.45) is 5.73 Å². The predicted molar refractivity (Wildman–Crippen MR) is 20.7 cm³/mol.